The highest BCUT2D eigenvalue weighted by Crippen LogP contribution is 2.39. The fourth-order valence-corrected chi connectivity index (χ4v) is 3.90. The molecule has 1 spiro atoms. The van der Waals surface area contributed by atoms with Gasteiger partial charge in [-0.3, -0.25) is 14.9 Å². The average Bonchev–Trinajstić information content (AvgIpc) is 2.82. The molecule has 1 saturated heterocycles. The van der Waals surface area contributed by atoms with Gasteiger partial charge in [-0.25, -0.2) is 0 Å². The second-order valence-corrected chi connectivity index (χ2v) is 6.68. The molecule has 5 heteroatoms. The summed E-state index contributed by atoms with van der Waals surface area (Å²) in [5, 5.41) is 3.60. The lowest BCUT2D eigenvalue weighted by Gasteiger charge is -2.31. The van der Waals surface area contributed by atoms with Crippen LogP contribution in [-0.2, 0) is 4.79 Å². The zero-order valence-corrected chi connectivity index (χ0v) is 13.7. The van der Waals surface area contributed by atoms with Gasteiger partial charge in [-0.05, 0) is 37.0 Å². The van der Waals surface area contributed by atoms with Gasteiger partial charge in [0.15, 0.2) is 0 Å². The largest absolute Gasteiger partial charge is 0.366 e. The van der Waals surface area contributed by atoms with Crippen LogP contribution in [0.5, 0.6) is 0 Å². The summed E-state index contributed by atoms with van der Waals surface area (Å²) in [6.07, 6.45) is 5.93. The lowest BCUT2D eigenvalue weighted by atomic mass is 9.81. The molecule has 0 radical (unpaired) electrons. The van der Waals surface area contributed by atoms with Crippen molar-refractivity contribution in [2.24, 2.45) is 5.73 Å². The SMILES string of the molecule is CCCN1C(=O)C2(CCCCC2)NC1c1cccc(C(N)=O)c1. The number of nitrogens with two attached hydrogens (primary N) is 1. The average molecular weight is 315 g/mol. The topological polar surface area (TPSA) is 75.4 Å². The van der Waals surface area contributed by atoms with Crippen LogP contribution in [0.4, 0.5) is 0 Å². The van der Waals surface area contributed by atoms with E-state index in [-0.39, 0.29) is 12.1 Å². The third kappa shape index (κ3) is 2.85. The number of nitrogens with one attached hydrogen (secondary N) is 1. The molecule has 124 valence electrons. The Morgan fingerprint density at radius 2 is 2.09 bits per heavy atom. The summed E-state index contributed by atoms with van der Waals surface area (Å²) in [6.45, 7) is 2.80. The molecule has 1 heterocycles. The van der Waals surface area contributed by atoms with Gasteiger partial charge >= 0.3 is 0 Å². The number of hydrogen-bond donors (Lipinski definition) is 2. The van der Waals surface area contributed by atoms with Crippen LogP contribution in [-0.4, -0.2) is 28.8 Å². The van der Waals surface area contributed by atoms with Gasteiger partial charge in [0, 0.05) is 12.1 Å². The first kappa shape index (κ1) is 16.0. The first-order valence-corrected chi connectivity index (χ1v) is 8.56. The molecule has 1 atom stereocenters. The fraction of sp³-hybridized carbons (Fsp3) is 0.556. The minimum absolute atomic E-state index is 0.167. The Labute approximate surface area is 137 Å². The molecular weight excluding hydrogens is 290 g/mol. The minimum atomic E-state index is -0.439. The van der Waals surface area contributed by atoms with Crippen LogP contribution in [0.1, 0.15) is 67.5 Å². The van der Waals surface area contributed by atoms with Gasteiger partial charge in [0.05, 0.1) is 5.54 Å². The van der Waals surface area contributed by atoms with E-state index in [1.165, 1.54) is 6.42 Å². The van der Waals surface area contributed by atoms with E-state index in [0.717, 1.165) is 44.2 Å². The van der Waals surface area contributed by atoms with Gasteiger partial charge in [0.25, 0.3) is 0 Å². The molecule has 3 rings (SSSR count). The summed E-state index contributed by atoms with van der Waals surface area (Å²) in [7, 11) is 0. The Kier molecular flexibility index (Phi) is 4.39. The Bertz CT molecular complexity index is 608. The molecule has 2 fully saturated rings. The van der Waals surface area contributed by atoms with Crippen LogP contribution >= 0.6 is 0 Å². The Balaban J connectivity index is 1.94. The molecule has 23 heavy (non-hydrogen) atoms. The number of amides is 2. The van der Waals surface area contributed by atoms with Gasteiger partial charge in [-0.1, -0.05) is 38.3 Å². The van der Waals surface area contributed by atoms with Crippen molar-refractivity contribution in [2.75, 3.05) is 6.54 Å². The molecule has 0 aromatic heterocycles. The van der Waals surface area contributed by atoms with Gasteiger partial charge in [-0.15, -0.1) is 0 Å². The quantitative estimate of drug-likeness (QED) is 0.895. The molecule has 1 aromatic rings. The molecule has 2 amide bonds. The number of primary amides is 1. The predicted molar refractivity (Wildman–Crippen MR) is 88.7 cm³/mol. The third-order valence-corrected chi connectivity index (χ3v) is 5.05. The van der Waals surface area contributed by atoms with E-state index < -0.39 is 11.4 Å². The molecule has 3 N–H and O–H groups in total. The normalized spacial score (nSPS) is 23.4. The van der Waals surface area contributed by atoms with Gasteiger partial charge in [-0.2, -0.15) is 0 Å². The number of carbonyl (C=O) groups excluding carboxylic acids is 2. The summed E-state index contributed by atoms with van der Waals surface area (Å²) in [5.74, 6) is -0.223. The Morgan fingerprint density at radius 1 is 1.35 bits per heavy atom. The van der Waals surface area contributed by atoms with Crippen molar-refractivity contribution in [3.05, 3.63) is 35.4 Å². The first-order valence-electron chi connectivity index (χ1n) is 8.56. The molecule has 2 aliphatic rings. The number of benzene rings is 1. The summed E-state index contributed by atoms with van der Waals surface area (Å²) in [4.78, 5) is 26.4. The molecule has 1 aliphatic carbocycles. The lowest BCUT2D eigenvalue weighted by molar-refractivity contribution is -0.134. The zero-order valence-electron chi connectivity index (χ0n) is 13.7. The molecule has 0 bridgehead atoms. The molecular formula is C18H25N3O2. The Hall–Kier alpha value is -1.88. The van der Waals surface area contributed by atoms with Crippen LogP contribution in [0.15, 0.2) is 24.3 Å². The van der Waals surface area contributed by atoms with E-state index in [4.69, 9.17) is 5.73 Å². The summed E-state index contributed by atoms with van der Waals surface area (Å²) in [5.41, 5.74) is 6.40. The Morgan fingerprint density at radius 3 is 2.74 bits per heavy atom. The van der Waals surface area contributed by atoms with Gasteiger partial charge in [0.2, 0.25) is 11.8 Å². The second-order valence-electron chi connectivity index (χ2n) is 6.68. The smallest absolute Gasteiger partial charge is 0.248 e. The standard InChI is InChI=1S/C18H25N3O2/c1-2-11-21-16(14-8-6-7-13(12-14)15(19)22)20-18(17(21)23)9-4-3-5-10-18/h6-8,12,16,20H,2-5,9-11H2,1H3,(H2,19,22). The zero-order chi connectivity index (χ0) is 16.4. The van der Waals surface area contributed by atoms with Crippen LogP contribution in [0.25, 0.3) is 0 Å². The van der Waals surface area contributed by atoms with Crippen LogP contribution < -0.4 is 11.1 Å². The molecule has 1 saturated carbocycles. The van der Waals surface area contributed by atoms with Crippen molar-refractivity contribution in [1.82, 2.24) is 10.2 Å². The first-order chi connectivity index (χ1) is 11.1. The van der Waals surface area contributed by atoms with Crippen molar-refractivity contribution in [3.63, 3.8) is 0 Å². The van der Waals surface area contributed by atoms with Crippen molar-refractivity contribution < 1.29 is 9.59 Å². The highest BCUT2D eigenvalue weighted by atomic mass is 16.2. The monoisotopic (exact) mass is 315 g/mol. The maximum atomic E-state index is 13.0. The van der Waals surface area contributed by atoms with E-state index >= 15 is 0 Å². The highest BCUT2D eigenvalue weighted by Gasteiger charge is 2.51. The van der Waals surface area contributed by atoms with Gasteiger partial charge < -0.3 is 10.6 Å². The van der Waals surface area contributed by atoms with E-state index in [1.54, 1.807) is 12.1 Å². The molecule has 5 nitrogen and oxygen atoms in total. The third-order valence-electron chi connectivity index (χ3n) is 5.05. The lowest BCUT2D eigenvalue weighted by Crippen LogP contribution is -2.48. The van der Waals surface area contributed by atoms with E-state index in [9.17, 15) is 9.59 Å². The van der Waals surface area contributed by atoms with E-state index in [2.05, 4.69) is 12.2 Å². The number of hydrogen-bond acceptors (Lipinski definition) is 3. The molecule has 1 aromatic carbocycles. The predicted octanol–water partition coefficient (Wildman–Crippen LogP) is 2.33. The fourth-order valence-electron chi connectivity index (χ4n) is 3.90. The van der Waals surface area contributed by atoms with Crippen molar-refractivity contribution >= 4 is 11.8 Å². The maximum Gasteiger partial charge on any atom is 0.248 e. The summed E-state index contributed by atoms with van der Waals surface area (Å²) in [6, 6.07) is 7.31. The van der Waals surface area contributed by atoms with E-state index in [1.807, 2.05) is 17.0 Å². The van der Waals surface area contributed by atoms with Crippen LogP contribution in [0.2, 0.25) is 0 Å². The number of nitrogens with zero attached hydrogens (tertiary/aromatic N) is 1. The van der Waals surface area contributed by atoms with E-state index in [0.29, 0.717) is 5.56 Å². The summed E-state index contributed by atoms with van der Waals surface area (Å²) >= 11 is 0. The minimum Gasteiger partial charge on any atom is -0.366 e. The van der Waals surface area contributed by atoms with Crippen molar-refractivity contribution in [3.8, 4) is 0 Å². The van der Waals surface area contributed by atoms with Crippen LogP contribution in [0, 0.1) is 0 Å². The molecule has 1 aliphatic heterocycles. The highest BCUT2D eigenvalue weighted by molar-refractivity contribution is 5.93. The van der Waals surface area contributed by atoms with Crippen molar-refractivity contribution in [2.45, 2.75) is 57.2 Å². The number of rotatable bonds is 4. The number of carbonyl (C=O) groups is 2. The maximum absolute atomic E-state index is 13.0. The second kappa shape index (κ2) is 6.32. The van der Waals surface area contributed by atoms with Gasteiger partial charge in [0.1, 0.15) is 6.17 Å². The molecule has 1 unspecified atom stereocenters. The summed E-state index contributed by atoms with van der Waals surface area (Å²) < 4.78 is 0. The van der Waals surface area contributed by atoms with Crippen LogP contribution in [0.3, 0.4) is 0 Å². The van der Waals surface area contributed by atoms with Crippen molar-refractivity contribution in [1.29, 1.82) is 0 Å².